The molecule has 1 atom stereocenters. The molecule has 0 fully saturated rings. The molecular weight excluding hydrogens is 300 g/mol. The first-order valence-electron chi connectivity index (χ1n) is 5.85. The molecule has 1 aromatic rings. The Hall–Kier alpha value is -1.63. The Morgan fingerprint density at radius 1 is 1.20 bits per heavy atom. The third-order valence-electron chi connectivity index (χ3n) is 2.75. The van der Waals surface area contributed by atoms with Crippen LogP contribution >= 0.6 is 11.6 Å². The Morgan fingerprint density at radius 2 is 1.90 bits per heavy atom. The first-order valence-corrected chi connectivity index (χ1v) is 7.71. The molecule has 1 amide bonds. The van der Waals surface area contributed by atoms with Gasteiger partial charge in [-0.05, 0) is 18.6 Å². The molecular formula is C13H13ClN2O3S. The molecule has 0 radical (unpaired) electrons. The summed E-state index contributed by atoms with van der Waals surface area (Å²) in [5, 5.41) is 0. The number of carbonyl (C=O) groups is 1. The lowest BCUT2D eigenvalue weighted by molar-refractivity contribution is -0.123. The van der Waals surface area contributed by atoms with Crippen molar-refractivity contribution in [2.75, 3.05) is 0 Å². The number of rotatable bonds is 4. The Bertz CT molecular complexity index is 655. The van der Waals surface area contributed by atoms with Crippen LogP contribution in [-0.4, -0.2) is 19.2 Å². The summed E-state index contributed by atoms with van der Waals surface area (Å²) in [4.78, 5) is 12.8. The van der Waals surface area contributed by atoms with Crippen molar-refractivity contribution >= 4 is 27.5 Å². The Labute approximate surface area is 122 Å². The van der Waals surface area contributed by atoms with Crippen LogP contribution < -0.4 is 10.3 Å². The number of hydrazine groups is 1. The molecule has 0 aromatic heterocycles. The molecule has 5 nitrogen and oxygen atoms in total. The highest BCUT2D eigenvalue weighted by molar-refractivity contribution is 7.89. The van der Waals surface area contributed by atoms with Crippen molar-refractivity contribution in [1.82, 2.24) is 10.3 Å². The summed E-state index contributed by atoms with van der Waals surface area (Å²) in [6.45, 7) is 0. The number of halogens is 1. The first-order chi connectivity index (χ1) is 9.44. The lowest BCUT2D eigenvalue weighted by Crippen LogP contribution is -2.49. The van der Waals surface area contributed by atoms with Crippen LogP contribution in [0.1, 0.15) is 6.42 Å². The van der Waals surface area contributed by atoms with Gasteiger partial charge in [-0.15, -0.1) is 16.4 Å². The highest BCUT2D eigenvalue weighted by Crippen LogP contribution is 2.25. The maximum Gasteiger partial charge on any atom is 0.260 e. The fraction of sp³-hybridized carbons (Fsp3) is 0.154. The van der Waals surface area contributed by atoms with Crippen LogP contribution in [0, 0.1) is 0 Å². The van der Waals surface area contributed by atoms with Gasteiger partial charge in [0, 0.05) is 0 Å². The molecule has 0 spiro atoms. The van der Waals surface area contributed by atoms with E-state index >= 15 is 0 Å². The normalized spacial score (nSPS) is 21.6. The van der Waals surface area contributed by atoms with E-state index in [0.717, 1.165) is 0 Å². The molecule has 1 unspecified atom stereocenters. The summed E-state index contributed by atoms with van der Waals surface area (Å²) in [6.07, 6.45) is 6.95. The van der Waals surface area contributed by atoms with Crippen molar-refractivity contribution in [3.8, 4) is 0 Å². The molecule has 1 aliphatic rings. The van der Waals surface area contributed by atoms with Crippen molar-refractivity contribution in [2.24, 2.45) is 0 Å². The van der Waals surface area contributed by atoms with E-state index in [1.807, 2.05) is 4.83 Å². The van der Waals surface area contributed by atoms with Crippen molar-refractivity contribution in [2.45, 2.75) is 16.2 Å². The maximum absolute atomic E-state index is 11.9. The number of amides is 1. The average molecular weight is 313 g/mol. The lowest BCUT2D eigenvalue weighted by Gasteiger charge is -2.22. The quantitative estimate of drug-likeness (QED) is 0.653. The molecule has 0 saturated carbocycles. The topological polar surface area (TPSA) is 75.3 Å². The van der Waals surface area contributed by atoms with E-state index in [0.29, 0.717) is 6.42 Å². The van der Waals surface area contributed by atoms with Gasteiger partial charge < -0.3 is 0 Å². The largest absolute Gasteiger partial charge is 0.276 e. The van der Waals surface area contributed by atoms with Gasteiger partial charge in [0.2, 0.25) is 0 Å². The number of hydrogen-bond acceptors (Lipinski definition) is 3. The minimum atomic E-state index is -3.80. The van der Waals surface area contributed by atoms with Crippen LogP contribution in [-0.2, 0) is 14.8 Å². The standard InChI is InChI=1S/C13H13ClN2O3S/c14-13(9-5-2-6-10-13)12(17)15-16-20(18,19)11-7-3-1-4-8-11/h1-9,16H,10H2,(H,15,17). The predicted octanol–water partition coefficient (Wildman–Crippen LogP) is 1.49. The van der Waals surface area contributed by atoms with Gasteiger partial charge in [0.15, 0.2) is 0 Å². The zero-order valence-electron chi connectivity index (χ0n) is 10.4. The molecule has 2 N–H and O–H groups in total. The third-order valence-corrected chi connectivity index (χ3v) is 4.47. The van der Waals surface area contributed by atoms with E-state index in [4.69, 9.17) is 11.6 Å². The number of benzene rings is 1. The van der Waals surface area contributed by atoms with E-state index in [9.17, 15) is 13.2 Å². The smallest absolute Gasteiger partial charge is 0.260 e. The van der Waals surface area contributed by atoms with Crippen molar-refractivity contribution < 1.29 is 13.2 Å². The molecule has 1 aromatic carbocycles. The van der Waals surface area contributed by atoms with Gasteiger partial charge in [-0.25, -0.2) is 8.42 Å². The van der Waals surface area contributed by atoms with E-state index in [1.54, 1.807) is 36.4 Å². The molecule has 7 heteroatoms. The summed E-state index contributed by atoms with van der Waals surface area (Å²) in [7, 11) is -3.80. The van der Waals surface area contributed by atoms with Crippen LogP contribution in [0.2, 0.25) is 0 Å². The summed E-state index contributed by atoms with van der Waals surface area (Å²) < 4.78 is 23.8. The van der Waals surface area contributed by atoms with Crippen molar-refractivity contribution in [1.29, 1.82) is 0 Å². The third kappa shape index (κ3) is 3.27. The van der Waals surface area contributed by atoms with Crippen molar-refractivity contribution in [3.63, 3.8) is 0 Å². The number of hydrogen-bond donors (Lipinski definition) is 2. The van der Waals surface area contributed by atoms with E-state index in [-0.39, 0.29) is 4.90 Å². The van der Waals surface area contributed by atoms with E-state index in [2.05, 4.69) is 5.43 Å². The molecule has 0 bridgehead atoms. The lowest BCUT2D eigenvalue weighted by atomic mass is 9.99. The SMILES string of the molecule is O=C(NNS(=O)(=O)c1ccccc1)C1(Cl)C=CC=CC1. The molecule has 106 valence electrons. The fourth-order valence-electron chi connectivity index (χ4n) is 1.64. The molecule has 0 aliphatic heterocycles. The van der Waals surface area contributed by atoms with E-state index < -0.39 is 20.8 Å². The zero-order chi connectivity index (χ0) is 14.6. The first kappa shape index (κ1) is 14.8. The van der Waals surface area contributed by atoms with Gasteiger partial charge in [0.05, 0.1) is 4.90 Å². The van der Waals surface area contributed by atoms with Gasteiger partial charge in [-0.1, -0.05) is 42.5 Å². The Balaban J connectivity index is 2.04. The highest BCUT2D eigenvalue weighted by Gasteiger charge is 2.33. The summed E-state index contributed by atoms with van der Waals surface area (Å²) in [5.41, 5.74) is 2.14. The highest BCUT2D eigenvalue weighted by atomic mass is 35.5. The Morgan fingerprint density at radius 3 is 2.50 bits per heavy atom. The summed E-state index contributed by atoms with van der Waals surface area (Å²) in [6, 6.07) is 7.73. The predicted molar refractivity (Wildman–Crippen MR) is 76.4 cm³/mol. The zero-order valence-corrected chi connectivity index (χ0v) is 12.0. The van der Waals surface area contributed by atoms with Crippen LogP contribution in [0.4, 0.5) is 0 Å². The number of allylic oxidation sites excluding steroid dienone is 3. The van der Waals surface area contributed by atoms with Crippen LogP contribution in [0.15, 0.2) is 59.5 Å². The van der Waals surface area contributed by atoms with E-state index in [1.165, 1.54) is 18.2 Å². The maximum atomic E-state index is 11.9. The van der Waals surface area contributed by atoms with Gasteiger partial charge in [-0.2, -0.15) is 0 Å². The van der Waals surface area contributed by atoms with Crippen LogP contribution in [0.25, 0.3) is 0 Å². The second kappa shape index (κ2) is 5.78. The molecule has 0 saturated heterocycles. The second-order valence-corrected chi connectivity index (χ2v) is 6.58. The van der Waals surface area contributed by atoms with Gasteiger partial charge in [0.1, 0.15) is 4.87 Å². The van der Waals surface area contributed by atoms with Crippen LogP contribution in [0.3, 0.4) is 0 Å². The van der Waals surface area contributed by atoms with Gasteiger partial charge in [-0.3, -0.25) is 10.2 Å². The molecule has 0 heterocycles. The van der Waals surface area contributed by atoms with Crippen LogP contribution in [0.5, 0.6) is 0 Å². The number of alkyl halides is 1. The molecule has 1 aliphatic carbocycles. The summed E-state index contributed by atoms with van der Waals surface area (Å²) >= 11 is 6.12. The fourth-order valence-corrected chi connectivity index (χ4v) is 2.71. The van der Waals surface area contributed by atoms with Crippen molar-refractivity contribution in [3.05, 3.63) is 54.6 Å². The molecule has 20 heavy (non-hydrogen) atoms. The minimum absolute atomic E-state index is 0.0583. The Kier molecular flexibility index (Phi) is 4.27. The van der Waals surface area contributed by atoms with Gasteiger partial charge >= 0.3 is 0 Å². The monoisotopic (exact) mass is 312 g/mol. The average Bonchev–Trinajstić information content (AvgIpc) is 2.46. The second-order valence-electron chi connectivity index (χ2n) is 4.23. The number of sulfonamides is 1. The van der Waals surface area contributed by atoms with Gasteiger partial charge in [0.25, 0.3) is 15.9 Å². The minimum Gasteiger partial charge on any atom is -0.276 e. The summed E-state index contributed by atoms with van der Waals surface area (Å²) in [5.74, 6) is -0.626. The number of nitrogens with one attached hydrogen (secondary N) is 2. The number of carbonyl (C=O) groups excluding carboxylic acids is 1. The molecule has 2 rings (SSSR count).